The second-order valence-electron chi connectivity index (χ2n) is 7.26. The van der Waals surface area contributed by atoms with Gasteiger partial charge in [-0.05, 0) is 67.8 Å². The Morgan fingerprint density at radius 1 is 1.22 bits per heavy atom. The van der Waals surface area contributed by atoms with E-state index in [4.69, 9.17) is 21.1 Å². The zero-order valence-corrected chi connectivity index (χ0v) is 20.3. The number of anilines is 1. The van der Waals surface area contributed by atoms with E-state index in [0.717, 1.165) is 15.8 Å². The van der Waals surface area contributed by atoms with Crippen LogP contribution in [-0.2, 0) is 9.59 Å². The second-order valence-corrected chi connectivity index (χ2v) is 8.58. The van der Waals surface area contributed by atoms with Crippen LogP contribution >= 0.6 is 27.5 Å². The zero-order chi connectivity index (χ0) is 23.6. The van der Waals surface area contributed by atoms with Crippen LogP contribution in [0.1, 0.15) is 31.4 Å². The molecule has 1 fully saturated rings. The van der Waals surface area contributed by atoms with Crippen LogP contribution < -0.4 is 19.7 Å². The predicted molar refractivity (Wildman–Crippen MR) is 126 cm³/mol. The first-order valence-electron chi connectivity index (χ1n) is 9.88. The van der Waals surface area contributed by atoms with Gasteiger partial charge >= 0.3 is 6.03 Å². The fourth-order valence-electron chi connectivity index (χ4n) is 3.13. The molecule has 2 aromatic rings. The molecule has 1 heterocycles. The smallest absolute Gasteiger partial charge is 0.335 e. The maximum absolute atomic E-state index is 13.2. The Labute approximate surface area is 199 Å². The highest BCUT2D eigenvalue weighted by Gasteiger charge is 2.37. The second kappa shape index (κ2) is 9.75. The molecule has 0 radical (unpaired) electrons. The molecule has 32 heavy (non-hydrogen) atoms. The molecule has 0 aliphatic carbocycles. The molecule has 1 aliphatic rings. The van der Waals surface area contributed by atoms with Gasteiger partial charge in [0.15, 0.2) is 11.5 Å². The molecule has 3 rings (SSSR count). The van der Waals surface area contributed by atoms with Crippen molar-refractivity contribution in [3.63, 3.8) is 0 Å². The molecule has 0 bridgehead atoms. The Kier molecular flexibility index (Phi) is 7.26. The van der Waals surface area contributed by atoms with E-state index in [2.05, 4.69) is 21.2 Å². The standard InChI is InChI=1S/C23H22BrClN2O5/c1-5-13(3)32-20-17(25)10-14(11-19(20)31-4)9-16-21(28)26-23(30)27(22(16)29)18-7-6-15(24)8-12(18)2/h6-11,13H,5H2,1-4H3,(H,26,28,30)/b16-9+/t13-/m1/s1. The number of methoxy groups -OCH3 is 1. The van der Waals surface area contributed by atoms with Crippen LogP contribution in [0.4, 0.5) is 10.5 Å². The van der Waals surface area contributed by atoms with Gasteiger partial charge in [-0.25, -0.2) is 9.69 Å². The minimum atomic E-state index is -0.810. The molecule has 1 aliphatic heterocycles. The summed E-state index contributed by atoms with van der Waals surface area (Å²) < 4.78 is 12.0. The van der Waals surface area contributed by atoms with Crippen molar-refractivity contribution in [2.45, 2.75) is 33.3 Å². The molecular formula is C23H22BrClN2O5. The molecule has 0 unspecified atom stereocenters. The minimum absolute atomic E-state index is 0.0787. The van der Waals surface area contributed by atoms with Crippen molar-refractivity contribution in [1.29, 1.82) is 0 Å². The van der Waals surface area contributed by atoms with Gasteiger partial charge in [-0.2, -0.15) is 0 Å². The molecule has 4 amide bonds. The fraction of sp³-hybridized carbons (Fsp3) is 0.261. The number of ether oxygens (including phenoxy) is 2. The highest BCUT2D eigenvalue weighted by atomic mass is 79.9. The Morgan fingerprint density at radius 2 is 1.94 bits per heavy atom. The van der Waals surface area contributed by atoms with Gasteiger partial charge in [0.05, 0.1) is 23.9 Å². The number of imide groups is 2. The highest BCUT2D eigenvalue weighted by molar-refractivity contribution is 9.10. The van der Waals surface area contributed by atoms with Gasteiger partial charge < -0.3 is 9.47 Å². The van der Waals surface area contributed by atoms with E-state index in [-0.39, 0.29) is 16.7 Å². The largest absolute Gasteiger partial charge is 0.493 e. The van der Waals surface area contributed by atoms with Gasteiger partial charge in [0.1, 0.15) is 5.57 Å². The normalized spacial score (nSPS) is 16.2. The zero-order valence-electron chi connectivity index (χ0n) is 18.0. The summed E-state index contributed by atoms with van der Waals surface area (Å²) in [5.74, 6) is -0.780. The lowest BCUT2D eigenvalue weighted by Crippen LogP contribution is -2.54. The lowest BCUT2D eigenvalue weighted by atomic mass is 10.1. The molecule has 0 saturated carbocycles. The number of hydrogen-bond acceptors (Lipinski definition) is 5. The number of urea groups is 1. The van der Waals surface area contributed by atoms with E-state index in [9.17, 15) is 14.4 Å². The number of amides is 4. The quantitative estimate of drug-likeness (QED) is 0.414. The van der Waals surface area contributed by atoms with Crippen LogP contribution in [0, 0.1) is 6.92 Å². The number of aryl methyl sites for hydroxylation is 1. The summed E-state index contributed by atoms with van der Waals surface area (Å²) in [6.07, 6.45) is 2.07. The third-order valence-electron chi connectivity index (χ3n) is 4.96. The van der Waals surface area contributed by atoms with Gasteiger partial charge in [-0.1, -0.05) is 34.5 Å². The van der Waals surface area contributed by atoms with E-state index in [1.165, 1.54) is 13.2 Å². The molecule has 168 valence electrons. The maximum atomic E-state index is 13.2. The Morgan fingerprint density at radius 3 is 2.56 bits per heavy atom. The third kappa shape index (κ3) is 4.81. The molecule has 2 aromatic carbocycles. The van der Waals surface area contributed by atoms with Crippen molar-refractivity contribution in [2.75, 3.05) is 12.0 Å². The number of carbonyl (C=O) groups is 3. The number of hydrogen-bond donors (Lipinski definition) is 1. The molecule has 1 atom stereocenters. The Bertz CT molecular complexity index is 1130. The SMILES string of the molecule is CC[C@@H](C)Oc1c(Cl)cc(/C=C2\C(=O)NC(=O)N(c3ccc(Br)cc3C)C2=O)cc1OC. The predicted octanol–water partition coefficient (Wildman–Crippen LogP) is 5.26. The summed E-state index contributed by atoms with van der Waals surface area (Å²) in [5, 5.41) is 2.49. The van der Waals surface area contributed by atoms with E-state index in [0.29, 0.717) is 28.3 Å². The summed E-state index contributed by atoms with van der Waals surface area (Å²) in [4.78, 5) is 39.0. The topological polar surface area (TPSA) is 84.9 Å². The van der Waals surface area contributed by atoms with Gasteiger partial charge in [0.25, 0.3) is 11.8 Å². The van der Waals surface area contributed by atoms with Crippen molar-refractivity contribution >= 4 is 57.1 Å². The molecule has 1 saturated heterocycles. The number of barbiturate groups is 1. The first kappa shape index (κ1) is 23.8. The van der Waals surface area contributed by atoms with Crippen molar-refractivity contribution in [3.05, 3.63) is 56.5 Å². The number of benzene rings is 2. The highest BCUT2D eigenvalue weighted by Crippen LogP contribution is 2.38. The van der Waals surface area contributed by atoms with Gasteiger partial charge in [-0.3, -0.25) is 14.9 Å². The molecule has 9 heteroatoms. The van der Waals surface area contributed by atoms with Crippen molar-refractivity contribution in [2.24, 2.45) is 0 Å². The van der Waals surface area contributed by atoms with Gasteiger partial charge in [0.2, 0.25) is 0 Å². The van der Waals surface area contributed by atoms with Crippen LogP contribution in [0.25, 0.3) is 6.08 Å². The van der Waals surface area contributed by atoms with Gasteiger partial charge in [0, 0.05) is 4.47 Å². The van der Waals surface area contributed by atoms with Crippen molar-refractivity contribution < 1.29 is 23.9 Å². The Balaban J connectivity index is 2.03. The van der Waals surface area contributed by atoms with Crippen molar-refractivity contribution in [1.82, 2.24) is 5.32 Å². The first-order chi connectivity index (χ1) is 15.2. The summed E-state index contributed by atoms with van der Waals surface area (Å²) in [5.41, 5.74) is 1.30. The Hall–Kier alpha value is -2.84. The van der Waals surface area contributed by atoms with Crippen molar-refractivity contribution in [3.8, 4) is 11.5 Å². The number of nitrogens with one attached hydrogen (secondary N) is 1. The summed E-state index contributed by atoms with van der Waals surface area (Å²) in [6, 6.07) is 7.49. The van der Waals surface area contributed by atoms with Crippen LogP contribution in [0.3, 0.4) is 0 Å². The van der Waals surface area contributed by atoms with E-state index < -0.39 is 17.8 Å². The fourth-order valence-corrected chi connectivity index (χ4v) is 3.87. The lowest BCUT2D eigenvalue weighted by Gasteiger charge is -2.27. The average molecular weight is 522 g/mol. The molecule has 7 nitrogen and oxygen atoms in total. The molecule has 0 aromatic heterocycles. The average Bonchev–Trinajstić information content (AvgIpc) is 2.73. The molecular weight excluding hydrogens is 500 g/mol. The molecule has 0 spiro atoms. The van der Waals surface area contributed by atoms with Crippen LogP contribution in [0.15, 0.2) is 40.4 Å². The maximum Gasteiger partial charge on any atom is 0.335 e. The number of nitrogens with zero attached hydrogens (tertiary/aromatic N) is 1. The van der Waals surface area contributed by atoms with Crippen LogP contribution in [-0.4, -0.2) is 31.1 Å². The molecule has 1 N–H and O–H groups in total. The van der Waals surface area contributed by atoms with E-state index in [1.54, 1.807) is 37.3 Å². The summed E-state index contributed by atoms with van der Waals surface area (Å²) in [6.45, 7) is 5.66. The third-order valence-corrected chi connectivity index (χ3v) is 5.73. The lowest BCUT2D eigenvalue weighted by molar-refractivity contribution is -0.122. The first-order valence-corrected chi connectivity index (χ1v) is 11.0. The number of halogens is 2. The number of carbonyl (C=O) groups excluding carboxylic acids is 3. The van der Waals surface area contributed by atoms with E-state index >= 15 is 0 Å². The van der Waals surface area contributed by atoms with Crippen LogP contribution in [0.5, 0.6) is 11.5 Å². The summed E-state index contributed by atoms with van der Waals surface area (Å²) >= 11 is 9.76. The van der Waals surface area contributed by atoms with E-state index in [1.807, 2.05) is 13.8 Å². The van der Waals surface area contributed by atoms with Gasteiger partial charge in [-0.15, -0.1) is 0 Å². The minimum Gasteiger partial charge on any atom is -0.493 e. The summed E-state index contributed by atoms with van der Waals surface area (Å²) in [7, 11) is 1.47. The number of rotatable bonds is 6. The monoisotopic (exact) mass is 520 g/mol. The van der Waals surface area contributed by atoms with Crippen LogP contribution in [0.2, 0.25) is 5.02 Å².